The lowest BCUT2D eigenvalue weighted by molar-refractivity contribution is -0.139. The normalized spacial score (nSPS) is 14.7. The molecule has 1 saturated heterocycles. The molecule has 1 fully saturated rings. The first kappa shape index (κ1) is 24.6. The minimum absolute atomic E-state index is 0.389. The lowest BCUT2D eigenvalue weighted by Gasteiger charge is -2.26. The van der Waals surface area contributed by atoms with Crippen molar-refractivity contribution in [2.24, 2.45) is 0 Å². The van der Waals surface area contributed by atoms with E-state index in [0.717, 1.165) is 34.5 Å². The summed E-state index contributed by atoms with van der Waals surface area (Å²) in [7, 11) is 0. The van der Waals surface area contributed by atoms with Crippen LogP contribution in [-0.4, -0.2) is 48.3 Å². The lowest BCUT2D eigenvalue weighted by Crippen LogP contribution is -2.37. The highest BCUT2D eigenvalue weighted by Gasteiger charge is 2.18. The summed E-state index contributed by atoms with van der Waals surface area (Å²) in [5.74, 6) is -0.0112. The van der Waals surface area contributed by atoms with Crippen molar-refractivity contribution in [1.82, 2.24) is 10.2 Å². The molecule has 1 aliphatic rings. The van der Waals surface area contributed by atoms with Gasteiger partial charge < -0.3 is 15.2 Å². The van der Waals surface area contributed by atoms with Crippen LogP contribution >= 0.6 is 0 Å². The first-order chi connectivity index (χ1) is 17.1. The standard InChI is InChI=1S/C30H34N2O3/c1-23(31-29(30(33)34)22-24-8-4-2-5-9-24)25-10-12-26(13-11-25)27-14-16-28(17-15-27)35-21-20-32-18-6-3-7-19-32/h2,4-5,8-17,29,31H,1,3,6-7,18-22H2,(H,33,34). The zero-order valence-electron chi connectivity index (χ0n) is 20.2. The number of likely N-dealkylation sites (tertiary alicyclic amines) is 1. The summed E-state index contributed by atoms with van der Waals surface area (Å²) >= 11 is 0. The monoisotopic (exact) mass is 470 g/mol. The smallest absolute Gasteiger partial charge is 0.326 e. The van der Waals surface area contributed by atoms with Crippen LogP contribution in [0.15, 0.2) is 85.4 Å². The number of hydrogen-bond acceptors (Lipinski definition) is 4. The van der Waals surface area contributed by atoms with Crippen molar-refractivity contribution in [3.05, 3.63) is 96.6 Å². The fourth-order valence-corrected chi connectivity index (χ4v) is 4.43. The molecule has 0 bridgehead atoms. The van der Waals surface area contributed by atoms with Gasteiger partial charge in [-0.1, -0.05) is 79.7 Å². The number of nitrogens with one attached hydrogen (secondary N) is 1. The van der Waals surface area contributed by atoms with Crippen LogP contribution in [0.5, 0.6) is 5.75 Å². The molecule has 3 aromatic carbocycles. The minimum atomic E-state index is -0.898. The van der Waals surface area contributed by atoms with E-state index in [0.29, 0.717) is 18.7 Å². The summed E-state index contributed by atoms with van der Waals surface area (Å²) in [5.41, 5.74) is 4.61. The van der Waals surface area contributed by atoms with Gasteiger partial charge in [-0.3, -0.25) is 4.90 Å². The van der Waals surface area contributed by atoms with Crippen molar-refractivity contribution in [1.29, 1.82) is 0 Å². The third-order valence-electron chi connectivity index (χ3n) is 6.48. The summed E-state index contributed by atoms with van der Waals surface area (Å²) in [6.45, 7) is 8.13. The SMILES string of the molecule is C=C(NC(Cc1ccccc1)C(=O)O)c1ccc(-c2ccc(OCCN3CCCCC3)cc2)cc1. The van der Waals surface area contributed by atoms with Gasteiger partial charge >= 0.3 is 5.97 Å². The molecule has 0 spiro atoms. The predicted octanol–water partition coefficient (Wildman–Crippen LogP) is 5.47. The Morgan fingerprint density at radius 3 is 2.17 bits per heavy atom. The van der Waals surface area contributed by atoms with Crippen molar-refractivity contribution < 1.29 is 14.6 Å². The van der Waals surface area contributed by atoms with Crippen molar-refractivity contribution in [2.75, 3.05) is 26.2 Å². The molecule has 5 heteroatoms. The van der Waals surface area contributed by atoms with Gasteiger partial charge in [0.2, 0.25) is 0 Å². The average Bonchev–Trinajstić information content (AvgIpc) is 2.90. The molecule has 0 aromatic heterocycles. The van der Waals surface area contributed by atoms with E-state index in [1.165, 1.54) is 32.4 Å². The molecular formula is C30H34N2O3. The van der Waals surface area contributed by atoms with Gasteiger partial charge in [-0.05, 0) is 60.3 Å². The number of aliphatic carboxylic acids is 1. The molecule has 3 aromatic rings. The Morgan fingerprint density at radius 2 is 1.54 bits per heavy atom. The van der Waals surface area contributed by atoms with Crippen molar-refractivity contribution in [3.63, 3.8) is 0 Å². The van der Waals surface area contributed by atoms with Crippen LogP contribution in [0.2, 0.25) is 0 Å². The number of ether oxygens (including phenoxy) is 1. The lowest BCUT2D eigenvalue weighted by atomic mass is 10.0. The Hall–Kier alpha value is -3.57. The molecule has 5 nitrogen and oxygen atoms in total. The second kappa shape index (κ2) is 12.2. The molecular weight excluding hydrogens is 436 g/mol. The summed E-state index contributed by atoms with van der Waals surface area (Å²) in [4.78, 5) is 14.2. The van der Waals surface area contributed by atoms with Gasteiger partial charge in [-0.15, -0.1) is 0 Å². The number of rotatable bonds is 11. The number of nitrogens with zero attached hydrogens (tertiary/aromatic N) is 1. The minimum Gasteiger partial charge on any atom is -0.492 e. The summed E-state index contributed by atoms with van der Waals surface area (Å²) < 4.78 is 5.94. The molecule has 1 atom stereocenters. The third kappa shape index (κ3) is 7.20. The van der Waals surface area contributed by atoms with Crippen LogP contribution in [0.4, 0.5) is 0 Å². The number of carbonyl (C=O) groups is 1. The van der Waals surface area contributed by atoms with Gasteiger partial charge in [0, 0.05) is 18.7 Å². The Bertz CT molecular complexity index is 1090. The fraction of sp³-hybridized carbons (Fsp3) is 0.300. The Morgan fingerprint density at radius 1 is 0.914 bits per heavy atom. The quantitative estimate of drug-likeness (QED) is 0.389. The van der Waals surface area contributed by atoms with Crippen LogP contribution in [0, 0.1) is 0 Å². The molecule has 0 radical (unpaired) electrons. The van der Waals surface area contributed by atoms with E-state index in [1.54, 1.807) is 0 Å². The van der Waals surface area contributed by atoms with E-state index in [2.05, 4.69) is 28.9 Å². The molecule has 182 valence electrons. The fourth-order valence-electron chi connectivity index (χ4n) is 4.43. The molecule has 0 amide bonds. The van der Waals surface area contributed by atoms with Gasteiger partial charge in [-0.2, -0.15) is 0 Å². The van der Waals surface area contributed by atoms with Gasteiger partial charge in [0.15, 0.2) is 0 Å². The van der Waals surface area contributed by atoms with Gasteiger partial charge in [-0.25, -0.2) is 4.79 Å². The van der Waals surface area contributed by atoms with Gasteiger partial charge in [0.05, 0.1) is 0 Å². The first-order valence-corrected chi connectivity index (χ1v) is 12.4. The second-order valence-corrected chi connectivity index (χ2v) is 9.06. The van der Waals surface area contributed by atoms with Gasteiger partial charge in [0.1, 0.15) is 18.4 Å². The maximum Gasteiger partial charge on any atom is 0.326 e. The number of benzene rings is 3. The Labute approximate surface area is 208 Å². The second-order valence-electron chi connectivity index (χ2n) is 9.06. The maximum atomic E-state index is 11.8. The highest BCUT2D eigenvalue weighted by molar-refractivity contribution is 5.77. The molecule has 2 N–H and O–H groups in total. The Kier molecular flexibility index (Phi) is 8.58. The van der Waals surface area contributed by atoms with Gasteiger partial charge in [0.25, 0.3) is 0 Å². The number of hydrogen-bond donors (Lipinski definition) is 2. The van der Waals surface area contributed by atoms with Crippen molar-refractivity contribution in [2.45, 2.75) is 31.7 Å². The molecule has 0 saturated carbocycles. The molecule has 1 aliphatic heterocycles. The predicted molar refractivity (Wildman–Crippen MR) is 141 cm³/mol. The first-order valence-electron chi connectivity index (χ1n) is 12.4. The maximum absolute atomic E-state index is 11.8. The van der Waals surface area contributed by atoms with E-state index >= 15 is 0 Å². The average molecular weight is 471 g/mol. The summed E-state index contributed by atoms with van der Waals surface area (Å²) in [5, 5.41) is 12.7. The zero-order chi connectivity index (χ0) is 24.5. The molecule has 4 rings (SSSR count). The van der Waals surface area contributed by atoms with E-state index in [4.69, 9.17) is 4.74 Å². The summed E-state index contributed by atoms with van der Waals surface area (Å²) in [6.07, 6.45) is 4.33. The largest absolute Gasteiger partial charge is 0.492 e. The van der Waals surface area contributed by atoms with Crippen molar-refractivity contribution in [3.8, 4) is 16.9 Å². The number of carboxylic acids is 1. The molecule has 1 unspecified atom stereocenters. The Balaban J connectivity index is 1.31. The van der Waals surface area contributed by atoms with E-state index in [9.17, 15) is 9.90 Å². The van der Waals surface area contributed by atoms with Crippen LogP contribution in [-0.2, 0) is 11.2 Å². The highest BCUT2D eigenvalue weighted by atomic mass is 16.5. The number of carboxylic acid groups (broad SMARTS) is 1. The molecule has 1 heterocycles. The topological polar surface area (TPSA) is 61.8 Å². The van der Waals surface area contributed by atoms with Crippen LogP contribution < -0.4 is 10.1 Å². The van der Waals surface area contributed by atoms with E-state index in [1.807, 2.05) is 66.7 Å². The number of piperidine rings is 1. The van der Waals surface area contributed by atoms with Crippen LogP contribution in [0.1, 0.15) is 30.4 Å². The van der Waals surface area contributed by atoms with Crippen molar-refractivity contribution >= 4 is 11.7 Å². The third-order valence-corrected chi connectivity index (χ3v) is 6.48. The molecule has 0 aliphatic carbocycles. The van der Waals surface area contributed by atoms with Crippen LogP contribution in [0.25, 0.3) is 16.8 Å². The highest BCUT2D eigenvalue weighted by Crippen LogP contribution is 2.24. The van der Waals surface area contributed by atoms with E-state index < -0.39 is 12.0 Å². The zero-order valence-corrected chi connectivity index (χ0v) is 20.2. The summed E-state index contributed by atoms with van der Waals surface area (Å²) in [6, 6.07) is 25.0. The molecule has 35 heavy (non-hydrogen) atoms. The van der Waals surface area contributed by atoms with Crippen LogP contribution in [0.3, 0.4) is 0 Å². The van der Waals surface area contributed by atoms with E-state index in [-0.39, 0.29) is 0 Å².